The lowest BCUT2D eigenvalue weighted by Gasteiger charge is -2.34. The molecule has 1 aliphatic heterocycles. The highest BCUT2D eigenvalue weighted by atomic mass is 16.2. The monoisotopic (exact) mass is 405 g/mol. The van der Waals surface area contributed by atoms with Crippen LogP contribution in [0, 0.1) is 0 Å². The number of hydrogen-bond donors (Lipinski definition) is 1. The highest BCUT2D eigenvalue weighted by Crippen LogP contribution is 2.18. The van der Waals surface area contributed by atoms with Gasteiger partial charge in [-0.15, -0.1) is 0 Å². The lowest BCUT2D eigenvalue weighted by molar-refractivity contribution is 0.136. The predicted octanol–water partition coefficient (Wildman–Crippen LogP) is 3.69. The second-order valence-electron chi connectivity index (χ2n) is 8.26. The van der Waals surface area contributed by atoms with Crippen LogP contribution in [0.5, 0.6) is 0 Å². The molecule has 0 spiro atoms. The van der Waals surface area contributed by atoms with Gasteiger partial charge >= 0.3 is 6.03 Å². The molecule has 0 aliphatic carbocycles. The van der Waals surface area contributed by atoms with Gasteiger partial charge in [0.25, 0.3) is 0 Å². The van der Waals surface area contributed by atoms with Crippen molar-refractivity contribution < 1.29 is 4.79 Å². The molecule has 0 unspecified atom stereocenters. The van der Waals surface area contributed by atoms with E-state index in [9.17, 15) is 4.79 Å². The first-order valence-corrected chi connectivity index (χ1v) is 10.8. The Hall–Kier alpha value is -2.86. The molecule has 6 heteroatoms. The minimum Gasteiger partial charge on any atom is -0.334 e. The number of nitrogens with zero attached hydrogens (tertiary/aromatic N) is 4. The smallest absolute Gasteiger partial charge is 0.317 e. The highest BCUT2D eigenvalue weighted by Gasteiger charge is 2.21. The van der Waals surface area contributed by atoms with E-state index in [1.165, 1.54) is 10.8 Å². The summed E-state index contributed by atoms with van der Waals surface area (Å²) in [5.74, 6) is 1.57. The van der Waals surface area contributed by atoms with Crippen molar-refractivity contribution in [2.24, 2.45) is 0 Å². The number of urea groups is 1. The van der Waals surface area contributed by atoms with Gasteiger partial charge in [-0.2, -0.15) is 0 Å². The van der Waals surface area contributed by atoms with Crippen molar-refractivity contribution in [3.05, 3.63) is 66.2 Å². The van der Waals surface area contributed by atoms with E-state index in [1.807, 2.05) is 29.3 Å². The molecule has 2 aromatic carbocycles. The predicted molar refractivity (Wildman–Crippen MR) is 121 cm³/mol. The van der Waals surface area contributed by atoms with E-state index in [-0.39, 0.29) is 6.03 Å². The summed E-state index contributed by atoms with van der Waals surface area (Å²) >= 11 is 0. The van der Waals surface area contributed by atoms with Gasteiger partial charge in [0.05, 0.1) is 0 Å². The Morgan fingerprint density at radius 2 is 1.80 bits per heavy atom. The van der Waals surface area contributed by atoms with E-state index in [0.29, 0.717) is 12.5 Å². The third-order valence-corrected chi connectivity index (χ3v) is 5.89. The number of nitrogens with one attached hydrogen (secondary N) is 1. The van der Waals surface area contributed by atoms with Gasteiger partial charge in [0, 0.05) is 64.1 Å². The van der Waals surface area contributed by atoms with Crippen LogP contribution in [0.1, 0.15) is 31.2 Å². The lowest BCUT2D eigenvalue weighted by atomic mass is 10.0. The third kappa shape index (κ3) is 4.65. The van der Waals surface area contributed by atoms with Crippen LogP contribution in [0.15, 0.2) is 54.9 Å². The molecule has 1 N–H and O–H groups in total. The Kier molecular flexibility index (Phi) is 6.33. The molecule has 2 amide bonds. The van der Waals surface area contributed by atoms with Crippen LogP contribution >= 0.6 is 0 Å². The van der Waals surface area contributed by atoms with Crippen LogP contribution in [-0.2, 0) is 13.1 Å². The Labute approximate surface area is 178 Å². The van der Waals surface area contributed by atoms with Crippen LogP contribution in [0.4, 0.5) is 4.79 Å². The minimum atomic E-state index is 0.0271. The molecule has 3 aromatic rings. The van der Waals surface area contributed by atoms with Crippen molar-refractivity contribution in [3.63, 3.8) is 0 Å². The number of imidazole rings is 1. The molecular weight excluding hydrogens is 374 g/mol. The number of aromatic nitrogens is 2. The summed E-state index contributed by atoms with van der Waals surface area (Å²) in [5, 5.41) is 5.51. The first kappa shape index (κ1) is 20.4. The Bertz CT molecular complexity index is 983. The first-order chi connectivity index (χ1) is 14.6. The molecule has 0 saturated carbocycles. The maximum absolute atomic E-state index is 12.7. The maximum atomic E-state index is 12.7. The van der Waals surface area contributed by atoms with Crippen molar-refractivity contribution in [3.8, 4) is 0 Å². The number of piperazine rings is 1. The van der Waals surface area contributed by atoms with E-state index in [0.717, 1.165) is 50.7 Å². The molecule has 1 fully saturated rings. The molecular formula is C24H31N5O. The molecule has 0 bridgehead atoms. The van der Waals surface area contributed by atoms with Gasteiger partial charge in [0.1, 0.15) is 5.82 Å². The molecule has 2 heterocycles. The second-order valence-corrected chi connectivity index (χ2v) is 8.26. The average Bonchev–Trinajstić information content (AvgIpc) is 3.25. The summed E-state index contributed by atoms with van der Waals surface area (Å²) in [6, 6.07) is 14.6. The summed E-state index contributed by atoms with van der Waals surface area (Å²) in [7, 11) is 0. The van der Waals surface area contributed by atoms with Crippen LogP contribution in [0.3, 0.4) is 0 Å². The molecule has 30 heavy (non-hydrogen) atoms. The number of fused-ring (bicyclic) bond motifs is 1. The Morgan fingerprint density at radius 1 is 1.03 bits per heavy atom. The zero-order chi connectivity index (χ0) is 20.9. The van der Waals surface area contributed by atoms with Gasteiger partial charge in [-0.25, -0.2) is 9.78 Å². The number of rotatable bonds is 6. The average molecular weight is 406 g/mol. The van der Waals surface area contributed by atoms with E-state index in [2.05, 4.69) is 64.1 Å². The SMILES string of the molecule is CC(C)c1nccn1CCN1CCN(C(=O)NCc2cccc3ccccc23)CC1. The first-order valence-electron chi connectivity index (χ1n) is 10.8. The van der Waals surface area contributed by atoms with E-state index in [1.54, 1.807) is 0 Å². The Balaban J connectivity index is 1.25. The number of carbonyl (C=O) groups is 1. The van der Waals surface area contributed by atoms with Crippen LogP contribution in [-0.4, -0.2) is 58.1 Å². The molecule has 1 aliphatic rings. The van der Waals surface area contributed by atoms with Gasteiger partial charge in [-0.3, -0.25) is 4.90 Å². The van der Waals surface area contributed by atoms with Crippen molar-refractivity contribution >= 4 is 16.8 Å². The number of benzene rings is 2. The lowest BCUT2D eigenvalue weighted by Crippen LogP contribution is -2.52. The van der Waals surface area contributed by atoms with Crippen molar-refractivity contribution in [1.82, 2.24) is 24.7 Å². The van der Waals surface area contributed by atoms with Crippen molar-refractivity contribution in [2.45, 2.75) is 32.9 Å². The standard InChI is InChI=1S/C24H31N5O/c1-19(2)23-25-10-11-28(23)15-12-27-13-16-29(17-14-27)24(30)26-18-21-8-5-7-20-6-3-4-9-22(20)21/h3-11,19H,12-18H2,1-2H3,(H,26,30). The summed E-state index contributed by atoms with van der Waals surface area (Å²) in [5.41, 5.74) is 1.15. The summed E-state index contributed by atoms with van der Waals surface area (Å²) < 4.78 is 2.24. The van der Waals surface area contributed by atoms with E-state index in [4.69, 9.17) is 0 Å². The summed E-state index contributed by atoms with van der Waals surface area (Å²) in [6.45, 7) is 10.2. The fourth-order valence-electron chi connectivity index (χ4n) is 4.16. The number of hydrogen-bond acceptors (Lipinski definition) is 3. The summed E-state index contributed by atoms with van der Waals surface area (Å²) in [6.07, 6.45) is 3.94. The molecule has 0 atom stereocenters. The molecule has 1 saturated heterocycles. The van der Waals surface area contributed by atoms with Crippen LogP contribution in [0.25, 0.3) is 10.8 Å². The number of carbonyl (C=O) groups excluding carboxylic acids is 1. The van der Waals surface area contributed by atoms with Gasteiger partial charge < -0.3 is 14.8 Å². The van der Waals surface area contributed by atoms with Crippen molar-refractivity contribution in [2.75, 3.05) is 32.7 Å². The highest BCUT2D eigenvalue weighted by molar-refractivity contribution is 5.86. The van der Waals surface area contributed by atoms with Crippen molar-refractivity contribution in [1.29, 1.82) is 0 Å². The van der Waals surface area contributed by atoms with Gasteiger partial charge in [0.2, 0.25) is 0 Å². The van der Waals surface area contributed by atoms with Gasteiger partial charge in [-0.1, -0.05) is 56.3 Å². The normalized spacial score (nSPS) is 15.1. The fraction of sp³-hybridized carbons (Fsp3) is 0.417. The van der Waals surface area contributed by atoms with Gasteiger partial charge in [-0.05, 0) is 16.3 Å². The largest absolute Gasteiger partial charge is 0.334 e. The Morgan fingerprint density at radius 3 is 2.60 bits per heavy atom. The second kappa shape index (κ2) is 9.30. The van der Waals surface area contributed by atoms with Crippen LogP contribution < -0.4 is 5.32 Å². The molecule has 0 radical (unpaired) electrons. The topological polar surface area (TPSA) is 53.4 Å². The van der Waals surface area contributed by atoms with E-state index < -0.39 is 0 Å². The quantitative estimate of drug-likeness (QED) is 0.681. The summed E-state index contributed by atoms with van der Waals surface area (Å²) in [4.78, 5) is 21.5. The molecule has 6 nitrogen and oxygen atoms in total. The number of amides is 2. The molecule has 1 aromatic heterocycles. The maximum Gasteiger partial charge on any atom is 0.317 e. The van der Waals surface area contributed by atoms with Gasteiger partial charge in [0.15, 0.2) is 0 Å². The minimum absolute atomic E-state index is 0.0271. The molecule has 4 rings (SSSR count). The zero-order valence-electron chi connectivity index (χ0n) is 17.9. The van der Waals surface area contributed by atoms with E-state index >= 15 is 0 Å². The fourth-order valence-corrected chi connectivity index (χ4v) is 4.16. The van der Waals surface area contributed by atoms with Crippen LogP contribution in [0.2, 0.25) is 0 Å². The molecule has 158 valence electrons. The third-order valence-electron chi connectivity index (χ3n) is 5.89. The zero-order valence-corrected chi connectivity index (χ0v) is 17.9.